The van der Waals surface area contributed by atoms with Gasteiger partial charge in [0.25, 0.3) is 0 Å². The molecule has 0 spiro atoms. The molecule has 0 aliphatic heterocycles. The highest BCUT2D eigenvalue weighted by molar-refractivity contribution is 9.10. The third-order valence-electron chi connectivity index (χ3n) is 3.69. The van der Waals surface area contributed by atoms with Gasteiger partial charge < -0.3 is 10.6 Å². The number of amides is 2. The Morgan fingerprint density at radius 1 is 1.05 bits per heavy atom. The van der Waals surface area contributed by atoms with Crippen LogP contribution in [-0.2, 0) is 16.0 Å². The van der Waals surface area contributed by atoms with Crippen molar-refractivity contribution in [1.82, 2.24) is 10.6 Å². The van der Waals surface area contributed by atoms with E-state index in [1.54, 1.807) is 0 Å². The van der Waals surface area contributed by atoms with Crippen molar-refractivity contribution >= 4 is 27.7 Å². The Morgan fingerprint density at radius 2 is 1.71 bits per heavy atom. The average Bonchev–Trinajstić information content (AvgIpc) is 2.49. The van der Waals surface area contributed by atoms with Crippen molar-refractivity contribution in [2.45, 2.75) is 44.6 Å². The van der Waals surface area contributed by atoms with Crippen LogP contribution in [0.3, 0.4) is 0 Å². The third kappa shape index (κ3) is 5.87. The summed E-state index contributed by atoms with van der Waals surface area (Å²) in [5.41, 5.74) is 0.934. The molecule has 1 aliphatic rings. The van der Waals surface area contributed by atoms with Gasteiger partial charge in [0.15, 0.2) is 0 Å². The molecule has 114 valence electrons. The van der Waals surface area contributed by atoms with Gasteiger partial charge in [-0.05, 0) is 30.5 Å². The van der Waals surface area contributed by atoms with Crippen LogP contribution in [0.2, 0.25) is 0 Å². The zero-order valence-corrected chi connectivity index (χ0v) is 13.6. The molecular weight excluding hydrogens is 332 g/mol. The number of hydrogen-bond acceptors (Lipinski definition) is 2. The standard InChI is InChI=1S/C16H21BrN2O2/c17-13-8-6-12(7-9-13)10-15(20)18-11-16(21)19-14-4-2-1-3-5-14/h6-9,14H,1-5,10-11H2,(H,18,20)(H,19,21). The molecule has 0 bridgehead atoms. The quantitative estimate of drug-likeness (QED) is 0.855. The van der Waals surface area contributed by atoms with Crippen LogP contribution in [0.15, 0.2) is 28.7 Å². The van der Waals surface area contributed by atoms with Crippen LogP contribution in [0.5, 0.6) is 0 Å². The normalized spacial score (nSPS) is 15.5. The van der Waals surface area contributed by atoms with Crippen molar-refractivity contribution in [3.05, 3.63) is 34.3 Å². The van der Waals surface area contributed by atoms with Crippen LogP contribution in [0.4, 0.5) is 0 Å². The van der Waals surface area contributed by atoms with Gasteiger partial charge in [-0.2, -0.15) is 0 Å². The molecular formula is C16H21BrN2O2. The maximum absolute atomic E-state index is 11.8. The fraction of sp³-hybridized carbons (Fsp3) is 0.500. The minimum atomic E-state index is -0.129. The Balaban J connectivity index is 1.68. The minimum absolute atomic E-state index is 0.0614. The highest BCUT2D eigenvalue weighted by Gasteiger charge is 2.15. The fourth-order valence-electron chi connectivity index (χ4n) is 2.55. The summed E-state index contributed by atoms with van der Waals surface area (Å²) >= 11 is 3.36. The van der Waals surface area contributed by atoms with Crippen molar-refractivity contribution in [3.63, 3.8) is 0 Å². The molecule has 21 heavy (non-hydrogen) atoms. The molecule has 5 heteroatoms. The van der Waals surface area contributed by atoms with E-state index in [1.165, 1.54) is 19.3 Å². The van der Waals surface area contributed by atoms with E-state index in [0.29, 0.717) is 6.42 Å². The summed E-state index contributed by atoms with van der Waals surface area (Å²) in [6.07, 6.45) is 6.03. The first-order chi connectivity index (χ1) is 10.1. The van der Waals surface area contributed by atoms with Gasteiger partial charge in [0.2, 0.25) is 11.8 Å². The number of rotatable bonds is 5. The molecule has 1 aromatic rings. The smallest absolute Gasteiger partial charge is 0.239 e. The number of benzene rings is 1. The Bertz CT molecular complexity index is 482. The van der Waals surface area contributed by atoms with E-state index in [2.05, 4.69) is 26.6 Å². The van der Waals surface area contributed by atoms with E-state index >= 15 is 0 Å². The lowest BCUT2D eigenvalue weighted by atomic mass is 9.95. The molecule has 2 amide bonds. The van der Waals surface area contributed by atoms with Crippen molar-refractivity contribution < 1.29 is 9.59 Å². The van der Waals surface area contributed by atoms with Gasteiger partial charge in [0.1, 0.15) is 0 Å². The van der Waals surface area contributed by atoms with Gasteiger partial charge in [0, 0.05) is 10.5 Å². The van der Waals surface area contributed by atoms with Crippen molar-refractivity contribution in [3.8, 4) is 0 Å². The Labute approximate surface area is 133 Å². The lowest BCUT2D eigenvalue weighted by molar-refractivity contribution is -0.126. The van der Waals surface area contributed by atoms with Gasteiger partial charge >= 0.3 is 0 Å². The average molecular weight is 353 g/mol. The second-order valence-corrected chi connectivity index (χ2v) is 6.40. The predicted octanol–water partition coefficient (Wildman–Crippen LogP) is 2.56. The molecule has 4 nitrogen and oxygen atoms in total. The van der Waals surface area contributed by atoms with Gasteiger partial charge in [0.05, 0.1) is 13.0 Å². The van der Waals surface area contributed by atoms with E-state index in [9.17, 15) is 9.59 Å². The summed E-state index contributed by atoms with van der Waals surface area (Å²) in [5, 5.41) is 5.66. The summed E-state index contributed by atoms with van der Waals surface area (Å²) in [5.74, 6) is -0.220. The molecule has 0 saturated heterocycles. The van der Waals surface area contributed by atoms with Gasteiger partial charge in [-0.15, -0.1) is 0 Å². The molecule has 0 unspecified atom stereocenters. The van der Waals surface area contributed by atoms with E-state index in [4.69, 9.17) is 0 Å². The first-order valence-corrected chi connectivity index (χ1v) is 8.23. The second-order valence-electron chi connectivity index (χ2n) is 5.48. The summed E-state index contributed by atoms with van der Waals surface area (Å²) in [6, 6.07) is 7.88. The maximum atomic E-state index is 11.8. The molecule has 1 fully saturated rings. The van der Waals surface area contributed by atoms with Crippen molar-refractivity contribution in [2.24, 2.45) is 0 Å². The van der Waals surface area contributed by atoms with E-state index in [0.717, 1.165) is 22.9 Å². The van der Waals surface area contributed by atoms with E-state index in [1.807, 2.05) is 24.3 Å². The zero-order chi connectivity index (χ0) is 15.1. The largest absolute Gasteiger partial charge is 0.352 e. The highest BCUT2D eigenvalue weighted by Crippen LogP contribution is 2.17. The second kappa shape index (κ2) is 8.17. The topological polar surface area (TPSA) is 58.2 Å². The van der Waals surface area contributed by atoms with E-state index in [-0.39, 0.29) is 24.4 Å². The predicted molar refractivity (Wildman–Crippen MR) is 85.9 cm³/mol. The molecule has 0 atom stereocenters. The van der Waals surface area contributed by atoms with Crippen LogP contribution >= 0.6 is 15.9 Å². The molecule has 1 aliphatic carbocycles. The third-order valence-corrected chi connectivity index (χ3v) is 4.22. The summed E-state index contributed by atoms with van der Waals surface area (Å²) in [6.45, 7) is 0.0614. The lowest BCUT2D eigenvalue weighted by Gasteiger charge is -2.22. The highest BCUT2D eigenvalue weighted by atomic mass is 79.9. The van der Waals surface area contributed by atoms with Crippen LogP contribution < -0.4 is 10.6 Å². The molecule has 0 heterocycles. The molecule has 2 rings (SSSR count). The fourth-order valence-corrected chi connectivity index (χ4v) is 2.82. The Morgan fingerprint density at radius 3 is 2.38 bits per heavy atom. The molecule has 0 aromatic heterocycles. The van der Waals surface area contributed by atoms with Crippen molar-refractivity contribution in [2.75, 3.05) is 6.54 Å². The van der Waals surface area contributed by atoms with Crippen LogP contribution in [-0.4, -0.2) is 24.4 Å². The summed E-state index contributed by atoms with van der Waals surface area (Å²) < 4.78 is 0.985. The molecule has 0 radical (unpaired) electrons. The lowest BCUT2D eigenvalue weighted by Crippen LogP contribution is -2.43. The minimum Gasteiger partial charge on any atom is -0.352 e. The van der Waals surface area contributed by atoms with Gasteiger partial charge in [-0.25, -0.2) is 0 Å². The van der Waals surface area contributed by atoms with Crippen molar-refractivity contribution in [1.29, 1.82) is 0 Å². The van der Waals surface area contributed by atoms with Crippen LogP contribution in [0.1, 0.15) is 37.7 Å². The first kappa shape index (κ1) is 16.0. The van der Waals surface area contributed by atoms with Crippen LogP contribution in [0, 0.1) is 0 Å². The number of halogens is 1. The number of carbonyl (C=O) groups is 2. The first-order valence-electron chi connectivity index (χ1n) is 7.44. The van der Waals surface area contributed by atoms with E-state index < -0.39 is 0 Å². The molecule has 1 aromatic carbocycles. The zero-order valence-electron chi connectivity index (χ0n) is 12.0. The summed E-state index contributed by atoms with van der Waals surface area (Å²) in [7, 11) is 0. The Kier molecular flexibility index (Phi) is 6.23. The Hall–Kier alpha value is -1.36. The molecule has 2 N–H and O–H groups in total. The van der Waals surface area contributed by atoms with Gasteiger partial charge in [-0.1, -0.05) is 47.3 Å². The summed E-state index contributed by atoms with van der Waals surface area (Å²) in [4.78, 5) is 23.6. The van der Waals surface area contributed by atoms with Crippen LogP contribution in [0.25, 0.3) is 0 Å². The van der Waals surface area contributed by atoms with Gasteiger partial charge in [-0.3, -0.25) is 9.59 Å². The SMILES string of the molecule is O=C(Cc1ccc(Br)cc1)NCC(=O)NC1CCCCC1. The monoisotopic (exact) mass is 352 g/mol. The maximum Gasteiger partial charge on any atom is 0.239 e. The number of carbonyl (C=O) groups excluding carboxylic acids is 2. The number of hydrogen-bond donors (Lipinski definition) is 2. The number of nitrogens with one attached hydrogen (secondary N) is 2. The molecule has 1 saturated carbocycles.